The Hall–Kier alpha value is -0.446. The lowest BCUT2D eigenvalue weighted by Crippen LogP contribution is -2.67. The number of halogens is 5. The highest BCUT2D eigenvalue weighted by Gasteiger charge is 2.66. The molecular formula is C9H18F5NOSi2. The Morgan fingerprint density at radius 3 is 1.28 bits per heavy atom. The van der Waals surface area contributed by atoms with Gasteiger partial charge < -0.3 is 4.23 Å². The Morgan fingerprint density at radius 1 is 0.833 bits per heavy atom. The minimum absolute atomic E-state index is 0.841. The largest absolute Gasteiger partial charge is 0.463 e. The van der Waals surface area contributed by atoms with E-state index in [1.807, 2.05) is 0 Å². The molecule has 0 heterocycles. The second-order valence-electron chi connectivity index (χ2n) is 6.05. The molecule has 18 heavy (non-hydrogen) atoms. The van der Waals surface area contributed by atoms with Gasteiger partial charge >= 0.3 is 12.1 Å². The first-order valence-corrected chi connectivity index (χ1v) is 12.2. The topological polar surface area (TPSA) is 20.3 Å². The summed E-state index contributed by atoms with van der Waals surface area (Å²) < 4.78 is 63.9. The van der Waals surface area contributed by atoms with Crippen LogP contribution in [0, 0.1) is 0 Å². The van der Waals surface area contributed by atoms with Gasteiger partial charge in [0.15, 0.2) is 0 Å². The number of nitrogens with zero attached hydrogens (tertiary/aromatic N) is 1. The number of carbonyl (C=O) groups is 1. The molecule has 0 saturated carbocycles. The summed E-state index contributed by atoms with van der Waals surface area (Å²) in [6.07, 6.45) is -5.85. The van der Waals surface area contributed by atoms with Gasteiger partial charge in [0, 0.05) is 0 Å². The molecule has 0 aromatic heterocycles. The third kappa shape index (κ3) is 3.53. The molecule has 0 aromatic rings. The van der Waals surface area contributed by atoms with Crippen LogP contribution < -0.4 is 0 Å². The van der Waals surface area contributed by atoms with E-state index in [2.05, 4.69) is 0 Å². The average molecular weight is 307 g/mol. The number of amides is 1. The van der Waals surface area contributed by atoms with Gasteiger partial charge in [0.05, 0.1) is 0 Å². The van der Waals surface area contributed by atoms with E-state index in [0.29, 0.717) is 0 Å². The van der Waals surface area contributed by atoms with Crippen molar-refractivity contribution >= 4 is 22.4 Å². The molecule has 108 valence electrons. The molecule has 9 heteroatoms. The summed E-state index contributed by atoms with van der Waals surface area (Å²) in [5.41, 5.74) is 0. The third-order valence-corrected chi connectivity index (χ3v) is 9.28. The van der Waals surface area contributed by atoms with E-state index in [4.69, 9.17) is 0 Å². The molecule has 0 rings (SSSR count). The van der Waals surface area contributed by atoms with Crippen LogP contribution in [-0.4, -0.2) is 38.7 Å². The lowest BCUT2D eigenvalue weighted by atomic mass is 10.3. The Balaban J connectivity index is 5.65. The summed E-state index contributed by atoms with van der Waals surface area (Å²) >= 11 is 0. The normalized spacial score (nSPS) is 14.6. The number of rotatable bonds is 3. The fourth-order valence-electron chi connectivity index (χ4n) is 1.88. The molecule has 0 aliphatic rings. The SMILES string of the molecule is C[Si](C)(C)N(C(=O)C(F)(F)C(F)(F)F)[Si](C)(C)C. The highest BCUT2D eigenvalue weighted by molar-refractivity contribution is 6.92. The summed E-state index contributed by atoms with van der Waals surface area (Å²) in [7, 11) is -5.22. The first-order valence-electron chi connectivity index (χ1n) is 5.32. The first kappa shape index (κ1) is 17.6. The fourth-order valence-corrected chi connectivity index (χ4v) is 11.4. The van der Waals surface area contributed by atoms with Crippen molar-refractivity contribution in [2.24, 2.45) is 0 Å². The number of hydrogen-bond acceptors (Lipinski definition) is 1. The van der Waals surface area contributed by atoms with E-state index in [9.17, 15) is 26.7 Å². The minimum atomic E-state index is -5.85. The smallest absolute Gasteiger partial charge is 0.391 e. The van der Waals surface area contributed by atoms with Crippen LogP contribution in [0.15, 0.2) is 0 Å². The second kappa shape index (κ2) is 4.59. The molecule has 0 N–H and O–H groups in total. The zero-order valence-corrected chi connectivity index (χ0v) is 13.2. The summed E-state index contributed by atoms with van der Waals surface area (Å²) in [5, 5.41) is 0. The monoisotopic (exact) mass is 307 g/mol. The molecule has 0 atom stereocenters. The number of alkyl halides is 5. The zero-order chi connectivity index (χ0) is 15.2. The van der Waals surface area contributed by atoms with Crippen LogP contribution in [0.3, 0.4) is 0 Å². The van der Waals surface area contributed by atoms with Crippen LogP contribution in [-0.2, 0) is 4.79 Å². The minimum Gasteiger partial charge on any atom is -0.391 e. The molecule has 0 unspecified atom stereocenters. The summed E-state index contributed by atoms with van der Waals surface area (Å²) in [4.78, 5) is 11.6. The van der Waals surface area contributed by atoms with Crippen LogP contribution in [0.25, 0.3) is 0 Å². The van der Waals surface area contributed by atoms with E-state index in [1.54, 1.807) is 39.3 Å². The maximum atomic E-state index is 13.2. The van der Waals surface area contributed by atoms with Crippen LogP contribution in [0.5, 0.6) is 0 Å². The molecule has 2 nitrogen and oxygen atoms in total. The standard InChI is InChI=1S/C9H18F5NOSi2/c1-17(2,3)15(18(4,5)6)7(16)8(10,11)9(12,13)14/h1-6H3. The van der Waals surface area contributed by atoms with Crippen molar-refractivity contribution in [2.45, 2.75) is 51.4 Å². The Bertz CT molecular complexity index is 315. The molecule has 0 aliphatic heterocycles. The van der Waals surface area contributed by atoms with Gasteiger partial charge in [-0.2, -0.15) is 22.0 Å². The van der Waals surface area contributed by atoms with Crippen molar-refractivity contribution in [2.75, 3.05) is 0 Å². The van der Waals surface area contributed by atoms with Gasteiger partial charge in [0.25, 0.3) is 5.91 Å². The quantitative estimate of drug-likeness (QED) is 0.575. The van der Waals surface area contributed by atoms with Crippen molar-refractivity contribution in [3.05, 3.63) is 0 Å². The van der Waals surface area contributed by atoms with Crippen LogP contribution in [0.2, 0.25) is 39.3 Å². The first-order chi connectivity index (χ1) is 7.53. The number of hydrogen-bond donors (Lipinski definition) is 0. The van der Waals surface area contributed by atoms with Gasteiger partial charge in [0.2, 0.25) is 0 Å². The van der Waals surface area contributed by atoms with Crippen molar-refractivity contribution in [1.29, 1.82) is 0 Å². The Morgan fingerprint density at radius 2 is 1.11 bits per heavy atom. The van der Waals surface area contributed by atoms with Crippen LogP contribution >= 0.6 is 0 Å². The van der Waals surface area contributed by atoms with E-state index < -0.39 is 34.5 Å². The third-order valence-electron chi connectivity index (χ3n) is 2.17. The van der Waals surface area contributed by atoms with Crippen molar-refractivity contribution in [3.63, 3.8) is 0 Å². The summed E-state index contributed by atoms with van der Waals surface area (Å²) in [5.74, 6) is -7.42. The maximum absolute atomic E-state index is 13.2. The molecule has 0 fully saturated rings. The average Bonchev–Trinajstić information content (AvgIpc) is 1.95. The van der Waals surface area contributed by atoms with Crippen molar-refractivity contribution < 1.29 is 26.7 Å². The van der Waals surface area contributed by atoms with Gasteiger partial charge in [-0.05, 0) is 0 Å². The molecule has 0 aliphatic carbocycles. The van der Waals surface area contributed by atoms with Crippen LogP contribution in [0.1, 0.15) is 0 Å². The Labute approximate surface area is 105 Å². The molecule has 1 amide bonds. The van der Waals surface area contributed by atoms with Gasteiger partial charge in [-0.1, -0.05) is 39.3 Å². The predicted molar refractivity (Wildman–Crippen MR) is 64.5 cm³/mol. The second-order valence-corrected chi connectivity index (χ2v) is 16.1. The Kier molecular flexibility index (Phi) is 4.47. The van der Waals surface area contributed by atoms with Crippen LogP contribution in [0.4, 0.5) is 22.0 Å². The van der Waals surface area contributed by atoms with Crippen molar-refractivity contribution in [3.8, 4) is 0 Å². The molecular weight excluding hydrogens is 289 g/mol. The summed E-state index contributed by atoms with van der Waals surface area (Å²) in [6.45, 7) is 9.47. The lowest BCUT2D eigenvalue weighted by molar-refractivity contribution is -0.271. The van der Waals surface area contributed by atoms with Gasteiger partial charge in [-0.15, -0.1) is 0 Å². The molecule has 0 radical (unpaired) electrons. The van der Waals surface area contributed by atoms with E-state index in [1.165, 1.54) is 0 Å². The van der Waals surface area contributed by atoms with Gasteiger partial charge in [-0.25, -0.2) is 0 Å². The molecule has 0 spiro atoms. The lowest BCUT2D eigenvalue weighted by Gasteiger charge is -2.45. The summed E-state index contributed by atoms with van der Waals surface area (Å²) in [6, 6.07) is 0. The highest BCUT2D eigenvalue weighted by Crippen LogP contribution is 2.39. The van der Waals surface area contributed by atoms with Crippen molar-refractivity contribution in [1.82, 2.24) is 4.23 Å². The van der Waals surface area contributed by atoms with E-state index >= 15 is 0 Å². The maximum Gasteiger partial charge on any atom is 0.463 e. The molecule has 0 saturated heterocycles. The number of carbonyl (C=O) groups excluding carboxylic acids is 1. The van der Waals surface area contributed by atoms with Gasteiger partial charge in [0.1, 0.15) is 16.5 Å². The van der Waals surface area contributed by atoms with Gasteiger partial charge in [-0.3, -0.25) is 4.79 Å². The molecule has 0 bridgehead atoms. The fraction of sp³-hybridized carbons (Fsp3) is 0.889. The van der Waals surface area contributed by atoms with E-state index in [0.717, 1.165) is 4.23 Å². The predicted octanol–water partition coefficient (Wildman–Crippen LogP) is 3.68. The molecule has 0 aromatic carbocycles. The zero-order valence-electron chi connectivity index (χ0n) is 11.2. The van der Waals surface area contributed by atoms with E-state index in [-0.39, 0.29) is 0 Å². The highest BCUT2D eigenvalue weighted by atomic mass is 28.4.